The lowest BCUT2D eigenvalue weighted by Crippen LogP contribution is -2.36. The number of hydrogen-bond acceptors (Lipinski definition) is 9. The van der Waals surface area contributed by atoms with Crippen LogP contribution in [0.5, 0.6) is 11.5 Å². The number of aromatic nitrogens is 1. The maximum absolute atomic E-state index is 13.0. The molecular weight excluding hydrogens is 400 g/mol. The van der Waals surface area contributed by atoms with Gasteiger partial charge in [-0.25, -0.2) is 4.98 Å². The first-order chi connectivity index (χ1) is 13.9. The molecule has 0 spiro atoms. The van der Waals surface area contributed by atoms with Gasteiger partial charge in [0.2, 0.25) is 0 Å². The zero-order valence-electron chi connectivity index (χ0n) is 15.8. The first-order valence-electron chi connectivity index (χ1n) is 8.83. The second kappa shape index (κ2) is 7.68. The van der Waals surface area contributed by atoms with E-state index in [1.54, 1.807) is 6.07 Å². The lowest BCUT2D eigenvalue weighted by atomic mass is 10.3. The smallest absolute Gasteiger partial charge is 0.433 e. The molecule has 10 nitrogen and oxygen atoms in total. The third kappa shape index (κ3) is 3.87. The number of rotatable bonds is 6. The third-order valence-corrected chi connectivity index (χ3v) is 5.31. The van der Waals surface area contributed by atoms with Gasteiger partial charge in [-0.05, 0) is 20.2 Å². The molecule has 0 bridgehead atoms. The Kier molecular flexibility index (Phi) is 5.07. The Morgan fingerprint density at radius 3 is 2.59 bits per heavy atom. The number of thiazole rings is 1. The molecule has 3 heterocycles. The highest BCUT2D eigenvalue weighted by Gasteiger charge is 2.26. The van der Waals surface area contributed by atoms with E-state index in [0.717, 1.165) is 4.70 Å². The summed E-state index contributed by atoms with van der Waals surface area (Å²) in [4.78, 5) is 31.2. The largest absolute Gasteiger partial charge is 0.486 e. The number of carbonyl (C=O) groups is 1. The maximum atomic E-state index is 13.0. The van der Waals surface area contributed by atoms with Crippen molar-refractivity contribution in [1.29, 1.82) is 0 Å². The number of nitro groups is 1. The minimum atomic E-state index is -0.677. The van der Waals surface area contributed by atoms with Gasteiger partial charge in [0.15, 0.2) is 22.4 Å². The minimum Gasteiger partial charge on any atom is -0.486 e. The average Bonchev–Trinajstić information content (AvgIpc) is 3.33. The lowest BCUT2D eigenvalue weighted by molar-refractivity contribution is -0.402. The van der Waals surface area contributed by atoms with Crippen LogP contribution in [0.3, 0.4) is 0 Å². The Morgan fingerprint density at radius 1 is 1.21 bits per heavy atom. The molecule has 3 aromatic rings. The molecule has 29 heavy (non-hydrogen) atoms. The number of ether oxygens (including phenoxy) is 2. The van der Waals surface area contributed by atoms with Gasteiger partial charge in [0.1, 0.15) is 18.1 Å². The molecule has 0 unspecified atom stereocenters. The van der Waals surface area contributed by atoms with E-state index in [1.165, 1.54) is 28.4 Å². The predicted molar refractivity (Wildman–Crippen MR) is 106 cm³/mol. The lowest BCUT2D eigenvalue weighted by Gasteiger charge is -2.20. The molecule has 0 saturated carbocycles. The predicted octanol–water partition coefficient (Wildman–Crippen LogP) is 2.78. The molecule has 1 amide bonds. The van der Waals surface area contributed by atoms with Gasteiger partial charge in [0.25, 0.3) is 5.91 Å². The van der Waals surface area contributed by atoms with Crippen LogP contribution in [-0.2, 0) is 0 Å². The van der Waals surface area contributed by atoms with Gasteiger partial charge < -0.3 is 18.8 Å². The van der Waals surface area contributed by atoms with Crippen molar-refractivity contribution >= 4 is 38.5 Å². The monoisotopic (exact) mass is 418 g/mol. The number of fused-ring (bicyclic) bond motifs is 2. The van der Waals surface area contributed by atoms with Crippen LogP contribution in [-0.4, -0.2) is 61.1 Å². The quantitative estimate of drug-likeness (QED) is 0.444. The van der Waals surface area contributed by atoms with E-state index in [4.69, 9.17) is 13.9 Å². The van der Waals surface area contributed by atoms with E-state index in [1.807, 2.05) is 25.1 Å². The van der Waals surface area contributed by atoms with Crippen molar-refractivity contribution < 1.29 is 23.6 Å². The summed E-state index contributed by atoms with van der Waals surface area (Å²) in [6, 6.07) is 6.10. The Labute approximate surface area is 169 Å². The summed E-state index contributed by atoms with van der Waals surface area (Å²) in [5.41, 5.74) is 0.683. The zero-order valence-corrected chi connectivity index (χ0v) is 16.6. The Hall–Kier alpha value is -3.18. The third-order valence-electron chi connectivity index (χ3n) is 4.27. The van der Waals surface area contributed by atoms with Gasteiger partial charge in [-0.1, -0.05) is 11.3 Å². The van der Waals surface area contributed by atoms with Crippen LogP contribution >= 0.6 is 11.3 Å². The minimum absolute atomic E-state index is 0.110. The van der Waals surface area contributed by atoms with E-state index in [2.05, 4.69) is 4.98 Å². The fourth-order valence-corrected chi connectivity index (χ4v) is 3.83. The maximum Gasteiger partial charge on any atom is 0.433 e. The van der Waals surface area contributed by atoms with Crippen molar-refractivity contribution in [1.82, 2.24) is 9.88 Å². The van der Waals surface area contributed by atoms with Crippen LogP contribution in [0.25, 0.3) is 10.2 Å². The number of hydrogen-bond donors (Lipinski definition) is 0. The molecule has 11 heteroatoms. The fourth-order valence-electron chi connectivity index (χ4n) is 2.83. The Morgan fingerprint density at radius 2 is 1.93 bits per heavy atom. The summed E-state index contributed by atoms with van der Waals surface area (Å²) in [6.07, 6.45) is 0. The van der Waals surface area contributed by atoms with E-state index in [9.17, 15) is 14.9 Å². The van der Waals surface area contributed by atoms with Crippen LogP contribution in [0, 0.1) is 10.1 Å². The van der Waals surface area contributed by atoms with Crippen molar-refractivity contribution in [3.05, 3.63) is 40.1 Å². The van der Waals surface area contributed by atoms with Gasteiger partial charge in [0.05, 0.1) is 16.3 Å². The summed E-state index contributed by atoms with van der Waals surface area (Å²) in [5, 5.41) is 11.3. The van der Waals surface area contributed by atoms with Gasteiger partial charge in [0, 0.05) is 25.2 Å². The van der Waals surface area contributed by atoms with Gasteiger partial charge in [-0.3, -0.25) is 19.8 Å². The van der Waals surface area contributed by atoms with E-state index < -0.39 is 16.7 Å². The van der Waals surface area contributed by atoms with Crippen LogP contribution < -0.4 is 14.4 Å². The normalized spacial score (nSPS) is 13.1. The van der Waals surface area contributed by atoms with Crippen LogP contribution in [0.1, 0.15) is 10.6 Å². The highest BCUT2D eigenvalue weighted by atomic mass is 32.1. The zero-order chi connectivity index (χ0) is 20.5. The second-order valence-electron chi connectivity index (χ2n) is 6.62. The summed E-state index contributed by atoms with van der Waals surface area (Å²) in [7, 11) is 3.78. The van der Waals surface area contributed by atoms with E-state index >= 15 is 0 Å². The first kappa shape index (κ1) is 19.2. The second-order valence-corrected chi connectivity index (χ2v) is 7.62. The van der Waals surface area contributed by atoms with Crippen molar-refractivity contribution in [3.63, 3.8) is 0 Å². The van der Waals surface area contributed by atoms with Gasteiger partial charge in [-0.2, -0.15) is 0 Å². The molecule has 1 aliphatic rings. The van der Waals surface area contributed by atoms with E-state index in [0.29, 0.717) is 48.5 Å². The standard InChI is InChI=1S/C18H18N4O6S/c1-20(2)5-6-21(17(23)12-3-4-16(28-12)22(24)25)18-19-11-9-13-14(10-15(11)29-18)27-8-7-26-13/h3-4,9-10H,5-8H2,1-2H3. The number of likely N-dealkylation sites (N-methyl/N-ethyl adjacent to an activating group) is 1. The number of anilines is 1. The van der Waals surface area contributed by atoms with Crippen molar-refractivity contribution in [2.45, 2.75) is 0 Å². The van der Waals surface area contributed by atoms with Crippen LogP contribution in [0.15, 0.2) is 28.7 Å². The highest BCUT2D eigenvalue weighted by molar-refractivity contribution is 7.22. The van der Waals surface area contributed by atoms with Crippen LogP contribution in [0.2, 0.25) is 0 Å². The SMILES string of the molecule is CN(C)CCN(C(=O)c1ccc([N+](=O)[O-])o1)c1nc2cc3c(cc2s1)OCCO3. The molecule has 1 aromatic carbocycles. The Balaban J connectivity index is 1.70. The average molecular weight is 418 g/mol. The van der Waals surface area contributed by atoms with Crippen molar-refractivity contribution in [2.24, 2.45) is 0 Å². The molecule has 0 saturated heterocycles. The number of amides is 1. The molecule has 0 atom stereocenters. The van der Waals surface area contributed by atoms with Crippen molar-refractivity contribution in [3.8, 4) is 11.5 Å². The molecule has 0 radical (unpaired) electrons. The molecule has 4 rings (SSSR count). The fraction of sp³-hybridized carbons (Fsp3) is 0.333. The van der Waals surface area contributed by atoms with Crippen LogP contribution in [0.4, 0.5) is 11.0 Å². The number of benzene rings is 1. The van der Waals surface area contributed by atoms with E-state index in [-0.39, 0.29) is 5.76 Å². The van der Waals surface area contributed by atoms with Crippen molar-refractivity contribution in [2.75, 3.05) is 45.3 Å². The molecular formula is C18H18N4O6S. The molecule has 0 N–H and O–H groups in total. The highest BCUT2D eigenvalue weighted by Crippen LogP contribution is 2.39. The summed E-state index contributed by atoms with van der Waals surface area (Å²) >= 11 is 1.33. The van der Waals surface area contributed by atoms with Gasteiger partial charge in [-0.15, -0.1) is 0 Å². The first-order valence-corrected chi connectivity index (χ1v) is 9.65. The topological polar surface area (TPSA) is 111 Å². The molecule has 1 aliphatic heterocycles. The molecule has 0 fully saturated rings. The molecule has 152 valence electrons. The summed E-state index contributed by atoms with van der Waals surface area (Å²) in [5.74, 6) is 0.185. The summed E-state index contributed by atoms with van der Waals surface area (Å²) in [6.45, 7) is 1.87. The number of furan rings is 1. The number of carbonyl (C=O) groups excluding carboxylic acids is 1. The number of nitrogens with zero attached hydrogens (tertiary/aromatic N) is 4. The van der Waals surface area contributed by atoms with Gasteiger partial charge >= 0.3 is 5.88 Å². The molecule has 2 aromatic heterocycles. The summed E-state index contributed by atoms with van der Waals surface area (Å²) < 4.78 is 17.2. The Bertz CT molecular complexity index is 1030. The molecule has 0 aliphatic carbocycles.